The van der Waals surface area contributed by atoms with E-state index in [2.05, 4.69) is 31.0 Å². The number of halogens is 1. The van der Waals surface area contributed by atoms with Crippen LogP contribution in [0.15, 0.2) is 11.1 Å². The topological polar surface area (TPSA) is 15.3 Å². The third-order valence-corrected chi connectivity index (χ3v) is 4.81. The van der Waals surface area contributed by atoms with Crippen LogP contribution in [0.1, 0.15) is 46.5 Å². The van der Waals surface area contributed by atoms with E-state index in [1.807, 2.05) is 0 Å². The van der Waals surface area contributed by atoms with Crippen molar-refractivity contribution in [1.29, 1.82) is 0 Å². The normalized spacial score (nSPS) is 28.8. The lowest BCUT2D eigenvalue weighted by Gasteiger charge is -2.51. The van der Waals surface area contributed by atoms with E-state index in [9.17, 15) is 0 Å². The highest BCUT2D eigenvalue weighted by molar-refractivity contribution is 6.25. The lowest BCUT2D eigenvalue weighted by molar-refractivity contribution is 0.0363. The highest BCUT2D eigenvalue weighted by Gasteiger charge is 2.43. The third-order valence-electron chi connectivity index (χ3n) is 4.43. The van der Waals surface area contributed by atoms with Crippen LogP contribution in [0.3, 0.4) is 0 Å². The molecule has 0 amide bonds. The van der Waals surface area contributed by atoms with Crippen molar-refractivity contribution in [3.05, 3.63) is 11.1 Å². The third kappa shape index (κ3) is 2.86. The summed E-state index contributed by atoms with van der Waals surface area (Å²) in [5, 5.41) is 3.81. The summed E-state index contributed by atoms with van der Waals surface area (Å²) >= 11 is 5.81. The molecule has 98 valence electrons. The zero-order valence-corrected chi connectivity index (χ0v) is 12.1. The maximum atomic E-state index is 5.81. The lowest BCUT2D eigenvalue weighted by atomic mass is 9.87. The molecule has 0 aromatic heterocycles. The van der Waals surface area contributed by atoms with Crippen LogP contribution >= 0.6 is 11.6 Å². The second-order valence-electron chi connectivity index (χ2n) is 6.46. The van der Waals surface area contributed by atoms with Crippen molar-refractivity contribution >= 4 is 11.6 Å². The number of hydrogen-bond donors (Lipinski definition) is 1. The molecule has 2 fully saturated rings. The summed E-state index contributed by atoms with van der Waals surface area (Å²) in [4.78, 5) is 2.60. The summed E-state index contributed by atoms with van der Waals surface area (Å²) in [5.74, 6) is 0. The van der Waals surface area contributed by atoms with Gasteiger partial charge in [0.25, 0.3) is 0 Å². The van der Waals surface area contributed by atoms with E-state index >= 15 is 0 Å². The average Bonchev–Trinajstić information content (AvgIpc) is 2.73. The van der Waals surface area contributed by atoms with Gasteiger partial charge in [-0.3, -0.25) is 4.90 Å². The first kappa shape index (κ1) is 13.4. The first-order valence-corrected chi connectivity index (χ1v) is 7.17. The Balaban J connectivity index is 2.09. The average molecular weight is 257 g/mol. The lowest BCUT2D eigenvalue weighted by Crippen LogP contribution is -2.67. The predicted octanol–water partition coefficient (Wildman–Crippen LogP) is 3.13. The molecule has 1 aliphatic carbocycles. The standard InChI is InChI=1S/C14H25ClN2/c1-12(8-15)9-17-11-14(6-4-5-7-14)16-10-13(17,2)3/h8,16H,4-7,9-11H2,1-3H3. The molecule has 17 heavy (non-hydrogen) atoms. The highest BCUT2D eigenvalue weighted by Crippen LogP contribution is 2.35. The van der Waals surface area contributed by atoms with E-state index in [-0.39, 0.29) is 5.54 Å². The quantitative estimate of drug-likeness (QED) is 0.817. The van der Waals surface area contributed by atoms with Gasteiger partial charge in [-0.2, -0.15) is 0 Å². The van der Waals surface area contributed by atoms with E-state index in [1.54, 1.807) is 5.54 Å². The first-order valence-electron chi connectivity index (χ1n) is 6.73. The number of piperazine rings is 1. The number of hydrogen-bond acceptors (Lipinski definition) is 2. The number of nitrogens with one attached hydrogen (secondary N) is 1. The Kier molecular flexibility index (Phi) is 3.86. The molecule has 0 radical (unpaired) electrons. The molecule has 1 N–H and O–H groups in total. The van der Waals surface area contributed by atoms with Crippen molar-refractivity contribution in [1.82, 2.24) is 10.2 Å². The van der Waals surface area contributed by atoms with E-state index in [0.29, 0.717) is 5.54 Å². The smallest absolute Gasteiger partial charge is 0.0309 e. The van der Waals surface area contributed by atoms with Gasteiger partial charge in [0.05, 0.1) is 0 Å². The van der Waals surface area contributed by atoms with Crippen molar-refractivity contribution < 1.29 is 0 Å². The van der Waals surface area contributed by atoms with Crippen molar-refractivity contribution in [3.63, 3.8) is 0 Å². The predicted molar refractivity (Wildman–Crippen MR) is 74.5 cm³/mol. The zero-order valence-electron chi connectivity index (χ0n) is 11.4. The fourth-order valence-corrected chi connectivity index (χ4v) is 3.21. The van der Waals surface area contributed by atoms with Gasteiger partial charge in [-0.15, -0.1) is 0 Å². The fraction of sp³-hybridized carbons (Fsp3) is 0.857. The SMILES string of the molecule is CC(=CCl)CN1CC2(CCCC2)NCC1(C)C. The Labute approximate surface area is 110 Å². The van der Waals surface area contributed by atoms with Gasteiger partial charge < -0.3 is 5.32 Å². The van der Waals surface area contributed by atoms with E-state index in [4.69, 9.17) is 11.6 Å². The van der Waals surface area contributed by atoms with Gasteiger partial charge in [0.1, 0.15) is 0 Å². The Morgan fingerprint density at radius 1 is 1.35 bits per heavy atom. The molecule has 0 aromatic carbocycles. The van der Waals surface area contributed by atoms with Crippen molar-refractivity contribution in [2.45, 2.75) is 57.5 Å². The second kappa shape index (κ2) is 4.91. The molecule has 1 spiro atoms. The van der Waals surface area contributed by atoms with Crippen LogP contribution in [-0.2, 0) is 0 Å². The zero-order chi connectivity index (χ0) is 12.5. The van der Waals surface area contributed by atoms with E-state index < -0.39 is 0 Å². The van der Waals surface area contributed by atoms with E-state index in [0.717, 1.165) is 13.1 Å². The number of nitrogens with zero attached hydrogens (tertiary/aromatic N) is 1. The minimum absolute atomic E-state index is 0.231. The maximum Gasteiger partial charge on any atom is 0.0309 e. The largest absolute Gasteiger partial charge is 0.308 e. The molecular formula is C14H25ClN2. The molecular weight excluding hydrogens is 232 g/mol. The molecule has 2 rings (SSSR count). The molecule has 2 aliphatic rings. The van der Waals surface area contributed by atoms with Crippen LogP contribution in [0.4, 0.5) is 0 Å². The minimum Gasteiger partial charge on any atom is -0.308 e. The number of rotatable bonds is 2. The van der Waals surface area contributed by atoms with Crippen LogP contribution in [0.25, 0.3) is 0 Å². The fourth-order valence-electron chi connectivity index (χ4n) is 3.14. The van der Waals surface area contributed by atoms with Gasteiger partial charge in [-0.25, -0.2) is 0 Å². The molecule has 0 bridgehead atoms. The molecule has 3 heteroatoms. The van der Waals surface area contributed by atoms with Gasteiger partial charge in [-0.05, 0) is 39.2 Å². The Bertz CT molecular complexity index is 303. The molecule has 1 saturated heterocycles. The van der Waals surface area contributed by atoms with Gasteiger partial charge >= 0.3 is 0 Å². The summed E-state index contributed by atoms with van der Waals surface area (Å²) in [5.41, 5.74) is 3.60. The monoisotopic (exact) mass is 256 g/mol. The van der Waals surface area contributed by atoms with E-state index in [1.165, 1.54) is 37.8 Å². The van der Waals surface area contributed by atoms with Crippen LogP contribution in [0.2, 0.25) is 0 Å². The van der Waals surface area contributed by atoms with Gasteiger partial charge in [-0.1, -0.05) is 24.4 Å². The van der Waals surface area contributed by atoms with Crippen LogP contribution in [0.5, 0.6) is 0 Å². The van der Waals surface area contributed by atoms with Crippen molar-refractivity contribution in [3.8, 4) is 0 Å². The molecule has 1 saturated carbocycles. The highest BCUT2D eigenvalue weighted by atomic mass is 35.5. The van der Waals surface area contributed by atoms with Crippen molar-refractivity contribution in [2.75, 3.05) is 19.6 Å². The minimum atomic E-state index is 0.231. The Hall–Kier alpha value is -0.0500. The first-order chi connectivity index (χ1) is 7.97. The van der Waals surface area contributed by atoms with Crippen LogP contribution in [0, 0.1) is 0 Å². The summed E-state index contributed by atoms with van der Waals surface area (Å²) in [6.45, 7) is 10.0. The van der Waals surface area contributed by atoms with Gasteiger partial charge in [0.15, 0.2) is 0 Å². The molecule has 1 heterocycles. The Morgan fingerprint density at radius 3 is 2.59 bits per heavy atom. The molecule has 2 nitrogen and oxygen atoms in total. The van der Waals surface area contributed by atoms with Crippen LogP contribution < -0.4 is 5.32 Å². The molecule has 0 aromatic rings. The second-order valence-corrected chi connectivity index (χ2v) is 6.68. The molecule has 0 atom stereocenters. The summed E-state index contributed by atoms with van der Waals surface area (Å²) in [6.07, 6.45) is 5.43. The van der Waals surface area contributed by atoms with Crippen LogP contribution in [-0.4, -0.2) is 35.6 Å². The van der Waals surface area contributed by atoms with Gasteiger partial charge in [0.2, 0.25) is 0 Å². The maximum absolute atomic E-state index is 5.81. The summed E-state index contributed by atoms with van der Waals surface area (Å²) in [6, 6.07) is 0. The van der Waals surface area contributed by atoms with Gasteiger partial charge in [0, 0.05) is 36.2 Å². The molecule has 0 unspecified atom stereocenters. The summed E-state index contributed by atoms with van der Waals surface area (Å²) in [7, 11) is 0. The van der Waals surface area contributed by atoms with Crippen molar-refractivity contribution in [2.24, 2.45) is 0 Å². The molecule has 1 aliphatic heterocycles. The summed E-state index contributed by atoms with van der Waals surface area (Å²) < 4.78 is 0. The Morgan fingerprint density at radius 2 is 2.00 bits per heavy atom.